The number of amides is 4. The Hall–Kier alpha value is -3.56. The summed E-state index contributed by atoms with van der Waals surface area (Å²) >= 11 is 12.0. The second-order valence-corrected chi connectivity index (χ2v) is 8.57. The number of carbonyl (C=O) groups excluding carboxylic acids is 5. The van der Waals surface area contributed by atoms with E-state index in [1.807, 2.05) is 0 Å². The van der Waals surface area contributed by atoms with Gasteiger partial charge < -0.3 is 0 Å². The molecule has 33 heavy (non-hydrogen) atoms. The fourth-order valence-electron chi connectivity index (χ4n) is 4.23. The molecule has 2 aromatic carbocycles. The van der Waals surface area contributed by atoms with Gasteiger partial charge in [0.15, 0.2) is 5.78 Å². The summed E-state index contributed by atoms with van der Waals surface area (Å²) < 4.78 is 0. The van der Waals surface area contributed by atoms with Crippen molar-refractivity contribution in [2.24, 2.45) is 11.0 Å². The molecule has 3 aliphatic heterocycles. The lowest BCUT2D eigenvalue weighted by atomic mass is 9.94. The molecule has 0 saturated carbocycles. The second-order valence-electron chi connectivity index (χ2n) is 7.70. The van der Waals surface area contributed by atoms with Crippen molar-refractivity contribution < 1.29 is 24.0 Å². The Morgan fingerprint density at radius 2 is 1.55 bits per heavy atom. The van der Waals surface area contributed by atoms with Crippen LogP contribution in [0, 0.1) is 5.92 Å². The summed E-state index contributed by atoms with van der Waals surface area (Å²) in [4.78, 5) is 65.7. The number of benzene rings is 2. The maximum Gasteiger partial charge on any atom is 0.261 e. The molecule has 0 aliphatic carbocycles. The van der Waals surface area contributed by atoms with Crippen molar-refractivity contribution in [2.75, 3.05) is 11.4 Å². The maximum absolute atomic E-state index is 13.1. The third-order valence-electron chi connectivity index (χ3n) is 5.76. The predicted molar refractivity (Wildman–Crippen MR) is 118 cm³/mol. The van der Waals surface area contributed by atoms with Crippen LogP contribution in [0.5, 0.6) is 0 Å². The molecule has 166 valence electrons. The Bertz CT molecular complexity index is 1250. The molecule has 2 atom stereocenters. The molecule has 11 heteroatoms. The zero-order valence-corrected chi connectivity index (χ0v) is 18.3. The number of hydrogen-bond acceptors (Lipinski definition) is 7. The molecule has 0 bridgehead atoms. The topological polar surface area (TPSA) is 116 Å². The zero-order valence-electron chi connectivity index (χ0n) is 16.7. The number of Topliss-reactive ketones (excluding diaryl/α,β-unsaturated/α-hetero) is 1. The number of ketones is 1. The number of nitrogens with zero attached hydrogens (tertiary/aromatic N) is 3. The molecule has 9 nitrogen and oxygen atoms in total. The molecular formula is C22H14Cl2N4O5. The van der Waals surface area contributed by atoms with Crippen LogP contribution in [-0.4, -0.2) is 52.6 Å². The minimum Gasteiger partial charge on any atom is -0.296 e. The Labute approximate surface area is 196 Å². The van der Waals surface area contributed by atoms with E-state index in [4.69, 9.17) is 23.2 Å². The number of nitrogens with one attached hydrogen (secondary N) is 1. The highest BCUT2D eigenvalue weighted by Crippen LogP contribution is 2.34. The SMILES string of the molecule is O=C(CCN1C(=O)c2ccccc2C1=O)C1=NNC2C(=O)N(c3cc(Cl)cc(Cl)c3)C(=O)C12. The monoisotopic (exact) mass is 484 g/mol. The van der Waals surface area contributed by atoms with Crippen LogP contribution in [0.1, 0.15) is 27.1 Å². The summed E-state index contributed by atoms with van der Waals surface area (Å²) in [6, 6.07) is 9.67. The Balaban J connectivity index is 1.32. The Morgan fingerprint density at radius 1 is 0.939 bits per heavy atom. The van der Waals surface area contributed by atoms with E-state index in [0.717, 1.165) is 9.80 Å². The molecule has 1 N–H and O–H groups in total. The quantitative estimate of drug-likeness (QED) is 0.649. The number of imide groups is 2. The van der Waals surface area contributed by atoms with E-state index in [2.05, 4.69) is 10.5 Å². The number of anilines is 1. The lowest BCUT2D eigenvalue weighted by Crippen LogP contribution is -2.36. The van der Waals surface area contributed by atoms with Crippen molar-refractivity contribution in [1.82, 2.24) is 10.3 Å². The molecule has 1 fully saturated rings. The third kappa shape index (κ3) is 3.32. The highest BCUT2D eigenvalue weighted by atomic mass is 35.5. The molecule has 5 rings (SSSR count). The summed E-state index contributed by atoms with van der Waals surface area (Å²) in [5.41, 5.74) is 3.19. The molecule has 3 heterocycles. The van der Waals surface area contributed by atoms with Gasteiger partial charge >= 0.3 is 0 Å². The van der Waals surface area contributed by atoms with Crippen LogP contribution in [0.15, 0.2) is 47.6 Å². The van der Waals surface area contributed by atoms with Gasteiger partial charge in [-0.25, -0.2) is 4.90 Å². The third-order valence-corrected chi connectivity index (χ3v) is 6.19. The van der Waals surface area contributed by atoms with Crippen LogP contribution in [-0.2, 0) is 14.4 Å². The molecule has 0 spiro atoms. The molecular weight excluding hydrogens is 471 g/mol. The molecule has 0 aromatic heterocycles. The standard InChI is InChI=1S/C22H14Cl2N4O5/c23-10-7-11(24)9-12(8-10)28-21(32)16-17(25-26-18(16)22(28)33)15(29)5-6-27-19(30)13-3-1-2-4-14(13)20(27)31/h1-4,7-9,16,18,26H,5-6H2. The fraction of sp³-hybridized carbons (Fsp3) is 0.182. The number of hydrogen-bond donors (Lipinski definition) is 1. The van der Waals surface area contributed by atoms with Gasteiger partial charge in [-0.1, -0.05) is 35.3 Å². The molecule has 2 unspecified atom stereocenters. The average Bonchev–Trinajstić information content (AvgIpc) is 3.39. The van der Waals surface area contributed by atoms with E-state index in [1.54, 1.807) is 24.3 Å². The average molecular weight is 485 g/mol. The van der Waals surface area contributed by atoms with Crippen LogP contribution >= 0.6 is 23.2 Å². The maximum atomic E-state index is 13.1. The van der Waals surface area contributed by atoms with E-state index in [-0.39, 0.29) is 45.5 Å². The highest BCUT2D eigenvalue weighted by molar-refractivity contribution is 6.49. The number of fused-ring (bicyclic) bond motifs is 2. The lowest BCUT2D eigenvalue weighted by molar-refractivity contribution is -0.122. The van der Waals surface area contributed by atoms with Crippen LogP contribution in [0.2, 0.25) is 10.0 Å². The van der Waals surface area contributed by atoms with Gasteiger partial charge in [-0.3, -0.25) is 34.3 Å². The number of rotatable bonds is 5. The minimum absolute atomic E-state index is 0.120. The summed E-state index contributed by atoms with van der Waals surface area (Å²) in [6.07, 6.45) is -0.236. The van der Waals surface area contributed by atoms with Crippen molar-refractivity contribution in [3.63, 3.8) is 0 Å². The van der Waals surface area contributed by atoms with Gasteiger partial charge in [0, 0.05) is 23.0 Å². The van der Waals surface area contributed by atoms with Crippen LogP contribution in [0.3, 0.4) is 0 Å². The highest BCUT2D eigenvalue weighted by Gasteiger charge is 2.55. The summed E-state index contributed by atoms with van der Waals surface area (Å²) in [5.74, 6) is -3.85. The Kier molecular flexibility index (Phi) is 5.02. The van der Waals surface area contributed by atoms with Gasteiger partial charge in [0.05, 0.1) is 16.8 Å². The van der Waals surface area contributed by atoms with Gasteiger partial charge in [-0.2, -0.15) is 5.10 Å². The molecule has 4 amide bonds. The van der Waals surface area contributed by atoms with E-state index >= 15 is 0 Å². The lowest BCUT2D eigenvalue weighted by Gasteiger charge is -2.16. The molecule has 2 aromatic rings. The van der Waals surface area contributed by atoms with Gasteiger partial charge in [0.1, 0.15) is 17.7 Å². The van der Waals surface area contributed by atoms with Gasteiger partial charge in [0.25, 0.3) is 17.7 Å². The number of carbonyl (C=O) groups is 5. The summed E-state index contributed by atoms with van der Waals surface area (Å²) in [6.45, 7) is -0.169. The van der Waals surface area contributed by atoms with Crippen molar-refractivity contribution in [2.45, 2.75) is 12.5 Å². The first-order valence-electron chi connectivity index (χ1n) is 9.93. The van der Waals surface area contributed by atoms with Gasteiger partial charge in [0.2, 0.25) is 5.91 Å². The normalized spacial score (nSPS) is 21.3. The van der Waals surface area contributed by atoms with Crippen LogP contribution in [0.25, 0.3) is 0 Å². The fourth-order valence-corrected chi connectivity index (χ4v) is 4.74. The summed E-state index contributed by atoms with van der Waals surface area (Å²) in [5, 5.41) is 4.40. The minimum atomic E-state index is -1.12. The van der Waals surface area contributed by atoms with Crippen molar-refractivity contribution >= 4 is 64.0 Å². The largest absolute Gasteiger partial charge is 0.296 e. The van der Waals surface area contributed by atoms with Crippen molar-refractivity contribution in [3.05, 3.63) is 63.6 Å². The van der Waals surface area contributed by atoms with E-state index in [0.29, 0.717) is 0 Å². The zero-order chi connectivity index (χ0) is 23.4. The van der Waals surface area contributed by atoms with Gasteiger partial charge in [-0.15, -0.1) is 0 Å². The molecule has 3 aliphatic rings. The first-order valence-corrected chi connectivity index (χ1v) is 10.7. The first-order chi connectivity index (χ1) is 15.8. The second kappa shape index (κ2) is 7.79. The van der Waals surface area contributed by atoms with E-state index < -0.39 is 41.4 Å². The van der Waals surface area contributed by atoms with Crippen LogP contribution in [0.4, 0.5) is 5.69 Å². The smallest absolute Gasteiger partial charge is 0.261 e. The van der Waals surface area contributed by atoms with Crippen LogP contribution < -0.4 is 10.3 Å². The van der Waals surface area contributed by atoms with Crippen molar-refractivity contribution in [3.8, 4) is 0 Å². The van der Waals surface area contributed by atoms with Crippen molar-refractivity contribution in [1.29, 1.82) is 0 Å². The molecule has 1 saturated heterocycles. The first kappa shape index (κ1) is 21.3. The number of halogens is 2. The molecule has 0 radical (unpaired) electrons. The number of hydrazone groups is 1. The summed E-state index contributed by atoms with van der Waals surface area (Å²) in [7, 11) is 0. The van der Waals surface area contributed by atoms with E-state index in [1.165, 1.54) is 18.2 Å². The predicted octanol–water partition coefficient (Wildman–Crippen LogP) is 2.07. The van der Waals surface area contributed by atoms with Gasteiger partial charge in [-0.05, 0) is 30.3 Å². The Morgan fingerprint density at radius 3 is 2.15 bits per heavy atom. The van der Waals surface area contributed by atoms with E-state index in [9.17, 15) is 24.0 Å².